The summed E-state index contributed by atoms with van der Waals surface area (Å²) in [5, 5.41) is 16.6. The van der Waals surface area contributed by atoms with Gasteiger partial charge in [-0.3, -0.25) is 4.98 Å². The van der Waals surface area contributed by atoms with E-state index in [0.717, 1.165) is 27.5 Å². The highest BCUT2D eigenvalue weighted by Gasteiger charge is 2.38. The molecule has 2 heterocycles. The van der Waals surface area contributed by atoms with Crippen LogP contribution >= 0.6 is 11.3 Å². The van der Waals surface area contributed by atoms with E-state index in [0.29, 0.717) is 16.5 Å². The Hall–Kier alpha value is -4.43. The van der Waals surface area contributed by atoms with Gasteiger partial charge in [-0.1, -0.05) is 24.3 Å². The number of carboxylic acids is 1. The third-order valence-corrected chi connectivity index (χ3v) is 8.18. The lowest BCUT2D eigenvalue weighted by Gasteiger charge is -2.13. The smallest absolute Gasteiger partial charge is 0.490 e. The number of aromatic nitrogens is 3. The molecule has 212 valence electrons. The van der Waals surface area contributed by atoms with Gasteiger partial charge in [-0.05, 0) is 59.0 Å². The van der Waals surface area contributed by atoms with Crippen molar-refractivity contribution in [3.63, 3.8) is 0 Å². The van der Waals surface area contributed by atoms with Crippen molar-refractivity contribution in [1.29, 1.82) is 0 Å². The maximum absolute atomic E-state index is 13.7. The van der Waals surface area contributed by atoms with Crippen molar-refractivity contribution in [3.05, 3.63) is 89.3 Å². The van der Waals surface area contributed by atoms with Crippen molar-refractivity contribution in [3.8, 4) is 28.1 Å². The van der Waals surface area contributed by atoms with E-state index in [1.165, 1.54) is 29.0 Å². The molecule has 1 N–H and O–H groups in total. The van der Waals surface area contributed by atoms with Gasteiger partial charge in [-0.25, -0.2) is 17.6 Å². The molecule has 2 aromatic heterocycles. The molecule has 0 unspecified atom stereocenters. The molecule has 14 heteroatoms. The van der Waals surface area contributed by atoms with Crippen LogP contribution in [0, 0.1) is 5.82 Å². The third-order valence-electron chi connectivity index (χ3n) is 5.67. The van der Waals surface area contributed by atoms with Gasteiger partial charge in [0.2, 0.25) is 0 Å². The number of methoxy groups -OCH3 is 1. The monoisotopic (exact) mass is 605 g/mol. The van der Waals surface area contributed by atoms with E-state index in [4.69, 9.17) is 14.6 Å². The van der Waals surface area contributed by atoms with Crippen LogP contribution < -0.4 is 4.74 Å². The molecule has 0 aliphatic rings. The van der Waals surface area contributed by atoms with Crippen molar-refractivity contribution >= 4 is 37.9 Å². The number of ether oxygens (including phenoxy) is 1. The fraction of sp³-hybridized carbons (Fsp3) is 0.111. The van der Waals surface area contributed by atoms with E-state index in [9.17, 15) is 26.0 Å². The molecule has 0 bridgehead atoms. The Balaban J connectivity index is 0.000000493. The molecule has 0 aliphatic carbocycles. The van der Waals surface area contributed by atoms with E-state index < -0.39 is 22.0 Å². The molecule has 3 aromatic carbocycles. The number of carbonyl (C=O) groups is 1. The predicted octanol–water partition coefficient (Wildman–Crippen LogP) is 6.18. The molecule has 0 saturated carbocycles. The lowest BCUT2D eigenvalue weighted by molar-refractivity contribution is -0.192. The minimum Gasteiger partial charge on any atom is -0.496 e. The maximum Gasteiger partial charge on any atom is 0.490 e. The van der Waals surface area contributed by atoms with Crippen molar-refractivity contribution in [2.75, 3.05) is 7.11 Å². The van der Waals surface area contributed by atoms with Crippen LogP contribution in [-0.2, 0) is 20.4 Å². The summed E-state index contributed by atoms with van der Waals surface area (Å²) in [7, 11) is -2.01. The number of halogens is 4. The SMILES string of the molecule is COc1cc(-c2cccc(F)c2)ccc1-c1nccc2cc(S(=O)(=O)Cc3nncs3)ccc12.O=C(O)C(F)(F)F. The number of sulfone groups is 1. The number of carboxylic acid groups (broad SMARTS) is 1. The molecule has 0 saturated heterocycles. The summed E-state index contributed by atoms with van der Waals surface area (Å²) in [6.45, 7) is 0. The first-order valence-corrected chi connectivity index (χ1v) is 14.0. The Bertz CT molecular complexity index is 1810. The van der Waals surface area contributed by atoms with Gasteiger partial charge in [0.05, 0.1) is 17.7 Å². The number of fused-ring (bicyclic) bond motifs is 1. The van der Waals surface area contributed by atoms with Crippen LogP contribution in [0.4, 0.5) is 17.6 Å². The summed E-state index contributed by atoms with van der Waals surface area (Å²) in [6, 6.07) is 18.7. The molecule has 0 atom stereocenters. The number of alkyl halides is 3. The zero-order valence-electron chi connectivity index (χ0n) is 21.0. The number of hydrogen-bond acceptors (Lipinski definition) is 8. The maximum atomic E-state index is 13.7. The minimum atomic E-state index is -5.08. The van der Waals surface area contributed by atoms with E-state index in [1.807, 2.05) is 24.3 Å². The van der Waals surface area contributed by atoms with Crippen LogP contribution in [0.1, 0.15) is 5.01 Å². The zero-order valence-corrected chi connectivity index (χ0v) is 22.6. The Labute approximate surface area is 234 Å². The van der Waals surface area contributed by atoms with E-state index in [1.54, 1.807) is 43.6 Å². The largest absolute Gasteiger partial charge is 0.496 e. The van der Waals surface area contributed by atoms with Crippen LogP contribution in [0.25, 0.3) is 33.2 Å². The first-order chi connectivity index (χ1) is 19.4. The first kappa shape index (κ1) is 29.6. The minimum absolute atomic E-state index is 0.198. The van der Waals surface area contributed by atoms with Gasteiger partial charge in [-0.2, -0.15) is 13.2 Å². The molecule has 0 amide bonds. The van der Waals surface area contributed by atoms with E-state index in [-0.39, 0.29) is 16.5 Å². The van der Waals surface area contributed by atoms with E-state index >= 15 is 0 Å². The summed E-state index contributed by atoms with van der Waals surface area (Å²) in [5.74, 6) is -2.69. The molecular formula is C27H19F4N3O5S2. The number of hydrogen-bond donors (Lipinski definition) is 1. The second kappa shape index (κ2) is 12.0. The van der Waals surface area contributed by atoms with Crippen LogP contribution in [0.15, 0.2) is 83.3 Å². The average Bonchev–Trinajstić information content (AvgIpc) is 3.44. The topological polar surface area (TPSA) is 119 Å². The molecule has 0 spiro atoms. The third kappa shape index (κ3) is 7.02. The van der Waals surface area contributed by atoms with Crippen LogP contribution in [0.5, 0.6) is 5.75 Å². The quantitative estimate of drug-likeness (QED) is 0.228. The Kier molecular flexibility index (Phi) is 8.63. The van der Waals surface area contributed by atoms with Gasteiger partial charge in [-0.15, -0.1) is 21.5 Å². The van der Waals surface area contributed by atoms with Crippen molar-refractivity contribution in [2.24, 2.45) is 0 Å². The van der Waals surface area contributed by atoms with Gasteiger partial charge >= 0.3 is 12.1 Å². The number of rotatable bonds is 6. The normalized spacial score (nSPS) is 11.5. The number of benzene rings is 3. The number of nitrogens with zero attached hydrogens (tertiary/aromatic N) is 3. The van der Waals surface area contributed by atoms with Crippen LogP contribution in [0.2, 0.25) is 0 Å². The second-order valence-corrected chi connectivity index (χ2v) is 11.3. The highest BCUT2D eigenvalue weighted by molar-refractivity contribution is 7.90. The summed E-state index contributed by atoms with van der Waals surface area (Å²) in [4.78, 5) is 13.7. The lowest BCUT2D eigenvalue weighted by Crippen LogP contribution is -2.21. The Morgan fingerprint density at radius 3 is 2.39 bits per heavy atom. The van der Waals surface area contributed by atoms with Crippen molar-refractivity contribution in [2.45, 2.75) is 16.8 Å². The standard InChI is InChI=1S/C25H18FN3O3S2.C2HF3O2/c1-32-23-13-17(16-3-2-4-19(26)11-16)5-7-22(23)25-21-8-6-20(12-18(21)9-10-27-25)34(30,31)14-24-29-28-15-33-24;3-2(4,5)1(6)7/h2-13,15H,14H2,1H3;(H,6,7). The summed E-state index contributed by atoms with van der Waals surface area (Å²) in [5.41, 5.74) is 4.47. The molecule has 5 aromatic rings. The molecule has 8 nitrogen and oxygen atoms in total. The van der Waals surface area contributed by atoms with Crippen LogP contribution in [-0.4, -0.2) is 48.0 Å². The number of pyridine rings is 1. The molecule has 5 rings (SSSR count). The first-order valence-electron chi connectivity index (χ1n) is 11.5. The van der Waals surface area contributed by atoms with Gasteiger partial charge in [0.1, 0.15) is 27.8 Å². The zero-order chi connectivity index (χ0) is 29.8. The Morgan fingerprint density at radius 2 is 1.76 bits per heavy atom. The highest BCUT2D eigenvalue weighted by atomic mass is 32.2. The van der Waals surface area contributed by atoms with Gasteiger partial charge in [0, 0.05) is 17.1 Å². The fourth-order valence-electron chi connectivity index (χ4n) is 3.80. The summed E-state index contributed by atoms with van der Waals surface area (Å²) in [6.07, 6.45) is -3.45. The van der Waals surface area contributed by atoms with Gasteiger partial charge in [0.25, 0.3) is 0 Å². The number of aliphatic carboxylic acids is 1. The molecule has 0 fully saturated rings. The predicted molar refractivity (Wildman–Crippen MR) is 144 cm³/mol. The molecular weight excluding hydrogens is 586 g/mol. The summed E-state index contributed by atoms with van der Waals surface area (Å²) >= 11 is 1.21. The Morgan fingerprint density at radius 1 is 1.02 bits per heavy atom. The second-order valence-electron chi connectivity index (χ2n) is 8.36. The van der Waals surface area contributed by atoms with Gasteiger partial charge in [0.15, 0.2) is 9.84 Å². The average molecular weight is 606 g/mol. The van der Waals surface area contributed by atoms with Gasteiger partial charge < -0.3 is 9.84 Å². The summed E-state index contributed by atoms with van der Waals surface area (Å²) < 4.78 is 76.8. The van der Waals surface area contributed by atoms with Crippen LogP contribution in [0.3, 0.4) is 0 Å². The molecule has 0 radical (unpaired) electrons. The van der Waals surface area contributed by atoms with Crippen molar-refractivity contribution < 1.29 is 40.6 Å². The molecule has 41 heavy (non-hydrogen) atoms. The fourth-order valence-corrected chi connectivity index (χ4v) is 5.98. The lowest BCUT2D eigenvalue weighted by atomic mass is 9.99. The highest BCUT2D eigenvalue weighted by Crippen LogP contribution is 2.37. The van der Waals surface area contributed by atoms with Crippen molar-refractivity contribution in [1.82, 2.24) is 15.2 Å². The van der Waals surface area contributed by atoms with E-state index in [2.05, 4.69) is 15.2 Å². The molecule has 0 aliphatic heterocycles.